The molecule has 1 atom stereocenters. The average Bonchev–Trinajstić information content (AvgIpc) is 2.73. The molecule has 96 valence electrons. The van der Waals surface area contributed by atoms with Crippen molar-refractivity contribution in [2.75, 3.05) is 33.4 Å². The Balaban J connectivity index is 1.76. The highest BCUT2D eigenvalue weighted by molar-refractivity contribution is 5.76. The summed E-state index contributed by atoms with van der Waals surface area (Å²) in [5.74, 6) is -0.677. The molecule has 0 bridgehead atoms. The van der Waals surface area contributed by atoms with Crippen molar-refractivity contribution in [1.82, 2.24) is 9.80 Å². The van der Waals surface area contributed by atoms with Crippen LogP contribution in [0.5, 0.6) is 0 Å². The smallest absolute Gasteiger partial charge is 0.320 e. The topological polar surface area (TPSA) is 70.1 Å². The molecule has 0 spiro atoms. The van der Waals surface area contributed by atoms with Gasteiger partial charge in [0.25, 0.3) is 0 Å². The lowest BCUT2D eigenvalue weighted by molar-refractivity contribution is -0.139. The van der Waals surface area contributed by atoms with Crippen LogP contribution in [-0.2, 0) is 9.53 Å². The third-order valence-corrected chi connectivity index (χ3v) is 3.45. The molecule has 6 nitrogen and oxygen atoms in total. The quantitative estimate of drug-likeness (QED) is 0.769. The van der Waals surface area contributed by atoms with Crippen molar-refractivity contribution >= 4 is 12.0 Å². The number of carbonyl (C=O) groups excluding carboxylic acids is 1. The first-order valence-corrected chi connectivity index (χ1v) is 5.89. The summed E-state index contributed by atoms with van der Waals surface area (Å²) in [6, 6.07) is 0.156. The Morgan fingerprint density at radius 1 is 1.47 bits per heavy atom. The second kappa shape index (κ2) is 4.91. The summed E-state index contributed by atoms with van der Waals surface area (Å²) < 4.78 is 5.24. The van der Waals surface area contributed by atoms with E-state index < -0.39 is 5.97 Å². The highest BCUT2D eigenvalue weighted by Gasteiger charge is 2.35. The minimum atomic E-state index is -0.792. The molecule has 2 saturated heterocycles. The summed E-state index contributed by atoms with van der Waals surface area (Å²) in [7, 11) is 1.78. The monoisotopic (exact) mass is 242 g/mol. The average molecular weight is 242 g/mol. The third kappa shape index (κ3) is 2.69. The lowest BCUT2D eigenvalue weighted by atomic mass is 9.97. The molecule has 2 aliphatic rings. The van der Waals surface area contributed by atoms with Crippen LogP contribution in [0.1, 0.15) is 12.8 Å². The molecule has 0 aromatic carbocycles. The number of likely N-dealkylation sites (N-methyl/N-ethyl adjacent to an activating group) is 1. The number of carbonyl (C=O) groups is 2. The molecule has 6 heteroatoms. The summed E-state index contributed by atoms with van der Waals surface area (Å²) in [6.07, 6.45) is 1.04. The van der Waals surface area contributed by atoms with Crippen LogP contribution < -0.4 is 0 Å². The molecule has 0 saturated carbocycles. The molecule has 0 radical (unpaired) electrons. The van der Waals surface area contributed by atoms with Crippen LogP contribution in [0.15, 0.2) is 0 Å². The number of hydrogen-bond acceptors (Lipinski definition) is 3. The van der Waals surface area contributed by atoms with E-state index in [4.69, 9.17) is 9.84 Å². The minimum absolute atomic E-state index is 0.0119. The molecule has 2 fully saturated rings. The zero-order valence-electron chi connectivity index (χ0n) is 9.96. The van der Waals surface area contributed by atoms with E-state index in [2.05, 4.69) is 0 Å². The van der Waals surface area contributed by atoms with Gasteiger partial charge in [-0.05, 0) is 6.42 Å². The Hall–Kier alpha value is -1.30. The number of carboxylic acid groups (broad SMARTS) is 1. The van der Waals surface area contributed by atoms with Gasteiger partial charge in [-0.15, -0.1) is 0 Å². The Kier molecular flexibility index (Phi) is 3.51. The zero-order chi connectivity index (χ0) is 12.4. The molecular weight excluding hydrogens is 224 g/mol. The lowest BCUT2D eigenvalue weighted by Crippen LogP contribution is -2.56. The van der Waals surface area contributed by atoms with Crippen molar-refractivity contribution in [2.45, 2.75) is 18.9 Å². The summed E-state index contributed by atoms with van der Waals surface area (Å²) in [5.41, 5.74) is 0. The van der Waals surface area contributed by atoms with Crippen LogP contribution in [-0.4, -0.2) is 66.3 Å². The second-order valence-corrected chi connectivity index (χ2v) is 4.78. The Morgan fingerprint density at radius 3 is 2.71 bits per heavy atom. The highest BCUT2D eigenvalue weighted by atomic mass is 16.5. The van der Waals surface area contributed by atoms with Gasteiger partial charge in [-0.1, -0.05) is 0 Å². The molecule has 2 rings (SSSR count). The van der Waals surface area contributed by atoms with Gasteiger partial charge >= 0.3 is 12.0 Å². The Labute approximate surface area is 100 Å². The van der Waals surface area contributed by atoms with Crippen molar-refractivity contribution in [3.05, 3.63) is 0 Å². The van der Waals surface area contributed by atoms with E-state index in [0.717, 1.165) is 6.42 Å². The summed E-state index contributed by atoms with van der Waals surface area (Å²) in [5, 5.41) is 8.63. The number of carboxylic acids is 1. The highest BCUT2D eigenvalue weighted by Crippen LogP contribution is 2.22. The summed E-state index contributed by atoms with van der Waals surface area (Å²) >= 11 is 0. The second-order valence-electron chi connectivity index (χ2n) is 4.78. The van der Waals surface area contributed by atoms with Gasteiger partial charge in [-0.2, -0.15) is 0 Å². The first-order chi connectivity index (χ1) is 8.08. The maximum atomic E-state index is 12.0. The predicted octanol–water partition coefficient (Wildman–Crippen LogP) is 0.234. The molecule has 2 aliphatic heterocycles. The number of ether oxygens (including phenoxy) is 1. The SMILES string of the molecule is CN(C(=O)N1CC(CC(=O)O)C1)C1CCOC1. The van der Waals surface area contributed by atoms with Crippen molar-refractivity contribution in [2.24, 2.45) is 5.92 Å². The van der Waals surface area contributed by atoms with Gasteiger partial charge in [0.2, 0.25) is 0 Å². The van der Waals surface area contributed by atoms with Crippen LogP contribution in [0.4, 0.5) is 4.79 Å². The molecule has 0 aliphatic carbocycles. The van der Waals surface area contributed by atoms with E-state index in [1.807, 2.05) is 0 Å². The number of amides is 2. The molecule has 1 unspecified atom stereocenters. The van der Waals surface area contributed by atoms with Gasteiger partial charge in [0.05, 0.1) is 19.1 Å². The fourth-order valence-electron chi connectivity index (χ4n) is 2.31. The van der Waals surface area contributed by atoms with Crippen molar-refractivity contribution in [3.8, 4) is 0 Å². The van der Waals surface area contributed by atoms with Crippen LogP contribution in [0, 0.1) is 5.92 Å². The molecular formula is C11H18N2O4. The van der Waals surface area contributed by atoms with E-state index in [1.54, 1.807) is 16.8 Å². The van der Waals surface area contributed by atoms with Crippen molar-refractivity contribution < 1.29 is 19.4 Å². The maximum Gasteiger partial charge on any atom is 0.320 e. The number of aliphatic carboxylic acids is 1. The number of rotatable bonds is 3. The largest absolute Gasteiger partial charge is 0.481 e. The predicted molar refractivity (Wildman–Crippen MR) is 59.7 cm³/mol. The fourth-order valence-corrected chi connectivity index (χ4v) is 2.31. The molecule has 2 heterocycles. The van der Waals surface area contributed by atoms with E-state index >= 15 is 0 Å². The first-order valence-electron chi connectivity index (χ1n) is 5.89. The lowest BCUT2D eigenvalue weighted by Gasteiger charge is -2.41. The van der Waals surface area contributed by atoms with Gasteiger partial charge in [-0.25, -0.2) is 4.79 Å². The number of likely N-dealkylation sites (tertiary alicyclic amines) is 1. The molecule has 2 amide bonds. The van der Waals surface area contributed by atoms with Gasteiger partial charge < -0.3 is 19.6 Å². The van der Waals surface area contributed by atoms with Gasteiger partial charge in [-0.3, -0.25) is 4.79 Å². The molecule has 0 aromatic heterocycles. The number of urea groups is 1. The molecule has 17 heavy (non-hydrogen) atoms. The van der Waals surface area contributed by atoms with Crippen LogP contribution >= 0.6 is 0 Å². The van der Waals surface area contributed by atoms with Gasteiger partial charge in [0.1, 0.15) is 0 Å². The summed E-state index contributed by atoms with van der Waals surface area (Å²) in [6.45, 7) is 2.44. The summed E-state index contributed by atoms with van der Waals surface area (Å²) in [4.78, 5) is 25.9. The van der Waals surface area contributed by atoms with Crippen molar-refractivity contribution in [1.29, 1.82) is 0 Å². The van der Waals surface area contributed by atoms with Crippen LogP contribution in [0.3, 0.4) is 0 Å². The normalized spacial score (nSPS) is 24.5. The standard InChI is InChI=1S/C11H18N2O4/c1-12(9-2-3-17-7-9)11(16)13-5-8(6-13)4-10(14)15/h8-9H,2-7H2,1H3,(H,14,15). The molecule has 1 N–H and O–H groups in total. The fraction of sp³-hybridized carbons (Fsp3) is 0.818. The molecule has 0 aromatic rings. The van der Waals surface area contributed by atoms with Crippen LogP contribution in [0.2, 0.25) is 0 Å². The van der Waals surface area contributed by atoms with E-state index in [0.29, 0.717) is 26.3 Å². The van der Waals surface area contributed by atoms with Gasteiger partial charge in [0, 0.05) is 32.7 Å². The van der Waals surface area contributed by atoms with Gasteiger partial charge in [0.15, 0.2) is 0 Å². The van der Waals surface area contributed by atoms with Crippen molar-refractivity contribution in [3.63, 3.8) is 0 Å². The van der Waals surface area contributed by atoms with E-state index in [1.165, 1.54) is 0 Å². The van der Waals surface area contributed by atoms with Crippen LogP contribution in [0.25, 0.3) is 0 Å². The third-order valence-electron chi connectivity index (χ3n) is 3.45. The number of hydrogen-bond donors (Lipinski definition) is 1. The van der Waals surface area contributed by atoms with E-state index in [9.17, 15) is 9.59 Å². The Morgan fingerprint density at radius 2 is 2.18 bits per heavy atom. The first kappa shape index (κ1) is 12.2. The minimum Gasteiger partial charge on any atom is -0.481 e. The number of nitrogens with zero attached hydrogens (tertiary/aromatic N) is 2. The zero-order valence-corrected chi connectivity index (χ0v) is 9.96. The Bertz CT molecular complexity index is 309. The van der Waals surface area contributed by atoms with E-state index in [-0.39, 0.29) is 24.4 Å². The maximum absolute atomic E-state index is 12.0.